The standard InChI is InChI=1S/C24H24N2O5S/c1-5-31-24(29)19-15(3)20(22(28)25-16-10-8-9-14(2)13-16)32-23(19)26-21(27)17-11-6-7-12-18(17)30-4/h6-13H,5H2,1-4H3,(H,25,28)(H,26,27). The van der Waals surface area contributed by atoms with Gasteiger partial charge in [0, 0.05) is 5.69 Å². The van der Waals surface area contributed by atoms with Gasteiger partial charge in [0.15, 0.2) is 0 Å². The molecule has 8 heteroatoms. The van der Waals surface area contributed by atoms with Crippen LogP contribution in [0.2, 0.25) is 0 Å². The highest BCUT2D eigenvalue weighted by Gasteiger charge is 2.27. The lowest BCUT2D eigenvalue weighted by atomic mass is 10.1. The Bertz CT molecular complexity index is 1170. The van der Waals surface area contributed by atoms with Crippen molar-refractivity contribution in [3.05, 3.63) is 75.7 Å². The third kappa shape index (κ3) is 4.97. The van der Waals surface area contributed by atoms with Crippen molar-refractivity contribution in [1.82, 2.24) is 0 Å². The zero-order chi connectivity index (χ0) is 23.3. The van der Waals surface area contributed by atoms with Crippen molar-refractivity contribution in [3.8, 4) is 5.75 Å². The van der Waals surface area contributed by atoms with Crippen LogP contribution in [0.25, 0.3) is 0 Å². The van der Waals surface area contributed by atoms with E-state index >= 15 is 0 Å². The SMILES string of the molecule is CCOC(=O)c1c(NC(=O)c2ccccc2OC)sc(C(=O)Nc2cccc(C)c2)c1C. The van der Waals surface area contributed by atoms with Crippen LogP contribution in [0.1, 0.15) is 48.4 Å². The smallest absolute Gasteiger partial charge is 0.341 e. The Morgan fingerprint density at radius 1 is 0.969 bits per heavy atom. The molecule has 166 valence electrons. The minimum Gasteiger partial charge on any atom is -0.496 e. The fraction of sp³-hybridized carbons (Fsp3) is 0.208. The molecule has 3 aromatic rings. The summed E-state index contributed by atoms with van der Waals surface area (Å²) in [6.07, 6.45) is 0. The number of esters is 1. The number of carbonyl (C=O) groups excluding carboxylic acids is 3. The van der Waals surface area contributed by atoms with Crippen molar-refractivity contribution in [2.24, 2.45) is 0 Å². The van der Waals surface area contributed by atoms with E-state index in [4.69, 9.17) is 9.47 Å². The van der Waals surface area contributed by atoms with Gasteiger partial charge in [0.1, 0.15) is 10.8 Å². The molecule has 2 amide bonds. The van der Waals surface area contributed by atoms with Crippen LogP contribution in [0.4, 0.5) is 10.7 Å². The van der Waals surface area contributed by atoms with E-state index in [1.807, 2.05) is 25.1 Å². The first-order chi connectivity index (χ1) is 15.3. The molecule has 2 aromatic carbocycles. The number of aryl methyl sites for hydroxylation is 1. The number of ether oxygens (including phenoxy) is 2. The Morgan fingerprint density at radius 3 is 2.41 bits per heavy atom. The number of methoxy groups -OCH3 is 1. The molecular formula is C24H24N2O5S. The fourth-order valence-electron chi connectivity index (χ4n) is 3.18. The van der Waals surface area contributed by atoms with Gasteiger partial charge in [-0.05, 0) is 56.2 Å². The van der Waals surface area contributed by atoms with E-state index < -0.39 is 11.9 Å². The number of thiophene rings is 1. The first-order valence-corrected chi connectivity index (χ1v) is 10.8. The largest absolute Gasteiger partial charge is 0.496 e. The van der Waals surface area contributed by atoms with Crippen LogP contribution in [0, 0.1) is 13.8 Å². The van der Waals surface area contributed by atoms with Crippen LogP contribution in [0.3, 0.4) is 0 Å². The molecule has 0 atom stereocenters. The zero-order valence-corrected chi connectivity index (χ0v) is 19.1. The molecule has 0 saturated heterocycles. The normalized spacial score (nSPS) is 10.4. The average Bonchev–Trinajstić information content (AvgIpc) is 3.09. The van der Waals surface area contributed by atoms with E-state index in [2.05, 4.69) is 10.6 Å². The minimum atomic E-state index is -0.605. The molecule has 0 aliphatic rings. The predicted octanol–water partition coefficient (Wildman–Crippen LogP) is 5.05. The number of nitrogens with one attached hydrogen (secondary N) is 2. The maximum atomic E-state index is 13.0. The van der Waals surface area contributed by atoms with E-state index in [-0.39, 0.29) is 23.1 Å². The molecule has 32 heavy (non-hydrogen) atoms. The Morgan fingerprint density at radius 2 is 1.72 bits per heavy atom. The first kappa shape index (κ1) is 23.0. The quantitative estimate of drug-likeness (QED) is 0.489. The van der Waals surface area contributed by atoms with E-state index in [1.54, 1.807) is 44.2 Å². The Hall–Kier alpha value is -3.65. The van der Waals surface area contributed by atoms with Crippen molar-refractivity contribution in [2.45, 2.75) is 20.8 Å². The van der Waals surface area contributed by atoms with Crippen LogP contribution in [0.15, 0.2) is 48.5 Å². The van der Waals surface area contributed by atoms with E-state index in [1.165, 1.54) is 7.11 Å². The average molecular weight is 453 g/mol. The second kappa shape index (κ2) is 10.1. The molecule has 7 nitrogen and oxygen atoms in total. The zero-order valence-electron chi connectivity index (χ0n) is 18.3. The molecular weight excluding hydrogens is 428 g/mol. The molecule has 0 saturated carbocycles. The van der Waals surface area contributed by atoms with E-state index in [0.29, 0.717) is 27.4 Å². The highest BCUT2D eigenvalue weighted by atomic mass is 32.1. The number of anilines is 2. The maximum absolute atomic E-state index is 13.0. The molecule has 0 spiro atoms. The molecule has 1 heterocycles. The highest BCUT2D eigenvalue weighted by molar-refractivity contribution is 7.19. The molecule has 0 aliphatic heterocycles. The second-order valence-corrected chi connectivity index (χ2v) is 7.98. The number of amides is 2. The van der Waals surface area contributed by atoms with Gasteiger partial charge in [-0.15, -0.1) is 11.3 Å². The third-order valence-corrected chi connectivity index (χ3v) is 5.89. The summed E-state index contributed by atoms with van der Waals surface area (Å²) in [6, 6.07) is 14.1. The van der Waals surface area contributed by atoms with Gasteiger partial charge in [-0.3, -0.25) is 9.59 Å². The van der Waals surface area contributed by atoms with E-state index in [9.17, 15) is 14.4 Å². The number of hydrogen-bond donors (Lipinski definition) is 2. The maximum Gasteiger partial charge on any atom is 0.341 e. The summed E-state index contributed by atoms with van der Waals surface area (Å²) in [5, 5.41) is 5.83. The molecule has 0 aliphatic carbocycles. The molecule has 0 radical (unpaired) electrons. The van der Waals surface area contributed by atoms with Crippen LogP contribution in [0.5, 0.6) is 5.75 Å². The fourth-order valence-corrected chi connectivity index (χ4v) is 4.27. The Kier molecular flexibility index (Phi) is 7.27. The monoisotopic (exact) mass is 452 g/mol. The Labute approximate surface area is 190 Å². The summed E-state index contributed by atoms with van der Waals surface area (Å²) >= 11 is 1.02. The lowest BCUT2D eigenvalue weighted by Gasteiger charge is -2.09. The van der Waals surface area contributed by atoms with Crippen LogP contribution < -0.4 is 15.4 Å². The van der Waals surface area contributed by atoms with Crippen molar-refractivity contribution in [1.29, 1.82) is 0 Å². The summed E-state index contributed by atoms with van der Waals surface area (Å²) < 4.78 is 10.4. The van der Waals surface area contributed by atoms with Gasteiger partial charge in [-0.1, -0.05) is 24.3 Å². The number of para-hydroxylation sites is 1. The van der Waals surface area contributed by atoms with Crippen molar-refractivity contribution in [2.75, 3.05) is 24.4 Å². The molecule has 0 bridgehead atoms. The van der Waals surface area contributed by atoms with Gasteiger partial charge in [0.2, 0.25) is 0 Å². The van der Waals surface area contributed by atoms with Gasteiger partial charge in [0.25, 0.3) is 11.8 Å². The van der Waals surface area contributed by atoms with E-state index in [0.717, 1.165) is 16.9 Å². The molecule has 0 unspecified atom stereocenters. The van der Waals surface area contributed by atoms with Crippen LogP contribution in [-0.4, -0.2) is 31.5 Å². The summed E-state index contributed by atoms with van der Waals surface area (Å²) in [4.78, 5) is 38.8. The molecule has 0 fully saturated rings. The highest BCUT2D eigenvalue weighted by Crippen LogP contribution is 2.35. The number of rotatable bonds is 7. The second-order valence-electron chi connectivity index (χ2n) is 6.96. The predicted molar refractivity (Wildman–Crippen MR) is 125 cm³/mol. The number of hydrogen-bond acceptors (Lipinski definition) is 6. The minimum absolute atomic E-state index is 0.162. The summed E-state index contributed by atoms with van der Waals surface area (Å²) in [7, 11) is 1.47. The lowest BCUT2D eigenvalue weighted by molar-refractivity contribution is 0.0527. The topological polar surface area (TPSA) is 93.7 Å². The summed E-state index contributed by atoms with van der Waals surface area (Å²) in [5.41, 5.74) is 2.55. The van der Waals surface area contributed by atoms with Gasteiger partial charge in [-0.25, -0.2) is 4.79 Å². The first-order valence-electron chi connectivity index (χ1n) is 9.98. The van der Waals surface area contributed by atoms with Crippen LogP contribution >= 0.6 is 11.3 Å². The van der Waals surface area contributed by atoms with Crippen molar-refractivity contribution in [3.63, 3.8) is 0 Å². The number of carbonyl (C=O) groups is 3. The van der Waals surface area contributed by atoms with Gasteiger partial charge in [0.05, 0.1) is 29.7 Å². The molecule has 1 aromatic heterocycles. The molecule has 3 rings (SSSR count). The number of benzene rings is 2. The van der Waals surface area contributed by atoms with Gasteiger partial charge in [-0.2, -0.15) is 0 Å². The van der Waals surface area contributed by atoms with Crippen molar-refractivity contribution < 1.29 is 23.9 Å². The van der Waals surface area contributed by atoms with Gasteiger partial charge < -0.3 is 20.1 Å². The lowest BCUT2D eigenvalue weighted by Crippen LogP contribution is -2.15. The molecule has 2 N–H and O–H groups in total. The van der Waals surface area contributed by atoms with Crippen LogP contribution in [-0.2, 0) is 4.74 Å². The Balaban J connectivity index is 1.96. The summed E-state index contributed by atoms with van der Waals surface area (Å²) in [5.74, 6) is -1.04. The summed E-state index contributed by atoms with van der Waals surface area (Å²) in [6.45, 7) is 5.44. The van der Waals surface area contributed by atoms with Crippen molar-refractivity contribution >= 4 is 39.8 Å². The van der Waals surface area contributed by atoms with Gasteiger partial charge >= 0.3 is 5.97 Å². The third-order valence-electron chi connectivity index (χ3n) is 4.69.